The van der Waals surface area contributed by atoms with E-state index in [0.717, 1.165) is 30.7 Å². The number of halogens is 3. The average Bonchev–Trinajstić information content (AvgIpc) is 3.38. The lowest BCUT2D eigenvalue weighted by molar-refractivity contribution is 0.177. The van der Waals surface area contributed by atoms with Crippen molar-refractivity contribution < 1.29 is 14.6 Å². The van der Waals surface area contributed by atoms with Crippen molar-refractivity contribution in [2.75, 3.05) is 33.9 Å². The summed E-state index contributed by atoms with van der Waals surface area (Å²) in [6.07, 6.45) is -1.44. The largest absolute Gasteiger partial charge is 0.493 e. The lowest BCUT2D eigenvalue weighted by Gasteiger charge is -2.20. The molecule has 0 aliphatic carbocycles. The summed E-state index contributed by atoms with van der Waals surface area (Å²) in [6.45, 7) is 7.76. The summed E-state index contributed by atoms with van der Waals surface area (Å²) in [7, 11) is 3.14. The minimum Gasteiger partial charge on any atom is -0.493 e. The van der Waals surface area contributed by atoms with Crippen molar-refractivity contribution in [2.24, 2.45) is 0 Å². The minimum absolute atomic E-state index is 0.394. The van der Waals surface area contributed by atoms with Crippen LogP contribution in [0, 0.1) is 0 Å². The van der Waals surface area contributed by atoms with Gasteiger partial charge in [-0.3, -0.25) is 4.40 Å². The maximum absolute atomic E-state index is 11.2. The van der Waals surface area contributed by atoms with E-state index in [1.807, 2.05) is 34.7 Å². The van der Waals surface area contributed by atoms with Gasteiger partial charge < -0.3 is 24.0 Å². The van der Waals surface area contributed by atoms with E-state index in [-0.39, 0.29) is 0 Å². The molecule has 0 fully saturated rings. The number of imidazole rings is 2. The topological polar surface area (TPSA) is 64.2 Å². The molecule has 1 unspecified atom stereocenters. The van der Waals surface area contributed by atoms with Gasteiger partial charge in [0.1, 0.15) is 6.10 Å². The zero-order chi connectivity index (χ0) is 25.3. The molecule has 10 heteroatoms. The number of benzene rings is 2. The average molecular weight is 540 g/mol. The molecule has 2 aromatic carbocycles. The molecule has 1 atom stereocenters. The highest BCUT2D eigenvalue weighted by Crippen LogP contribution is 2.45. The van der Waals surface area contributed by atoms with Gasteiger partial charge in [0.25, 0.3) is 0 Å². The molecule has 0 aliphatic heterocycles. The second-order valence-corrected chi connectivity index (χ2v) is 10.5. The maximum Gasteiger partial charge on any atom is 0.221 e. The van der Waals surface area contributed by atoms with Crippen LogP contribution in [-0.2, 0) is 6.54 Å². The number of aromatic nitrogens is 3. The van der Waals surface area contributed by atoms with Crippen LogP contribution < -0.4 is 9.47 Å². The van der Waals surface area contributed by atoms with Gasteiger partial charge in [0.15, 0.2) is 11.5 Å². The molecule has 0 radical (unpaired) electrons. The molecule has 4 rings (SSSR count). The van der Waals surface area contributed by atoms with Gasteiger partial charge >= 0.3 is 0 Å². The highest BCUT2D eigenvalue weighted by Gasteiger charge is 2.38. The van der Waals surface area contributed by atoms with Crippen LogP contribution in [0.15, 0.2) is 42.5 Å². The monoisotopic (exact) mass is 538 g/mol. The zero-order valence-corrected chi connectivity index (χ0v) is 22.4. The van der Waals surface area contributed by atoms with E-state index in [0.29, 0.717) is 40.8 Å². The summed E-state index contributed by atoms with van der Waals surface area (Å²) in [5.74, 6) is 1.77. The van der Waals surface area contributed by atoms with Crippen LogP contribution in [0.5, 0.6) is 11.5 Å². The first kappa shape index (κ1) is 25.9. The number of fused-ring (bicyclic) bond motifs is 3. The Morgan fingerprint density at radius 2 is 1.66 bits per heavy atom. The number of rotatable bonds is 9. The van der Waals surface area contributed by atoms with Crippen LogP contribution in [-0.4, -0.2) is 61.6 Å². The standard InChI is InChI=1S/C25H29Cl3N4O3/c1-5-30(6-2)13-14-31-17-9-7-8-10-18(17)32-22(23(33)25(26,27)28)21(29-24(31)32)16-11-12-19(34-3)20(15-16)35-4/h7-12,15,23,33H,5-6,13-14H2,1-4H3. The van der Waals surface area contributed by atoms with Crippen molar-refractivity contribution in [1.29, 1.82) is 0 Å². The Morgan fingerprint density at radius 3 is 2.26 bits per heavy atom. The van der Waals surface area contributed by atoms with Crippen LogP contribution >= 0.6 is 34.8 Å². The summed E-state index contributed by atoms with van der Waals surface area (Å²) in [5.41, 5.74) is 3.45. The molecular weight excluding hydrogens is 511 g/mol. The lowest BCUT2D eigenvalue weighted by atomic mass is 10.1. The fourth-order valence-corrected chi connectivity index (χ4v) is 4.74. The predicted octanol–water partition coefficient (Wildman–Crippen LogP) is 5.72. The minimum atomic E-state index is -1.97. The van der Waals surface area contributed by atoms with Gasteiger partial charge in [0, 0.05) is 18.7 Å². The van der Waals surface area contributed by atoms with E-state index in [1.165, 1.54) is 0 Å². The van der Waals surface area contributed by atoms with Gasteiger partial charge in [-0.15, -0.1) is 0 Å². The predicted molar refractivity (Wildman–Crippen MR) is 142 cm³/mol. The summed E-state index contributed by atoms with van der Waals surface area (Å²) in [5, 5.41) is 11.2. The van der Waals surface area contributed by atoms with Crippen LogP contribution in [0.4, 0.5) is 0 Å². The van der Waals surface area contributed by atoms with Gasteiger partial charge in [0.2, 0.25) is 9.57 Å². The third kappa shape index (κ3) is 4.80. The highest BCUT2D eigenvalue weighted by atomic mass is 35.6. The van der Waals surface area contributed by atoms with Gasteiger partial charge in [0.05, 0.1) is 36.6 Å². The zero-order valence-electron chi connectivity index (χ0n) is 20.1. The van der Waals surface area contributed by atoms with Crippen LogP contribution in [0.3, 0.4) is 0 Å². The number of aliphatic hydroxyl groups is 1. The number of nitrogens with zero attached hydrogens (tertiary/aromatic N) is 4. The Morgan fingerprint density at radius 1 is 1.00 bits per heavy atom. The second-order valence-electron chi connectivity index (χ2n) is 8.16. The fraction of sp³-hybridized carbons (Fsp3) is 0.400. The molecule has 0 spiro atoms. The van der Waals surface area contributed by atoms with Crippen LogP contribution in [0.1, 0.15) is 25.6 Å². The van der Waals surface area contributed by atoms with Crippen molar-refractivity contribution >= 4 is 51.6 Å². The molecule has 7 nitrogen and oxygen atoms in total. The number of para-hydroxylation sites is 2. The van der Waals surface area contributed by atoms with Gasteiger partial charge in [-0.05, 0) is 43.4 Å². The first-order valence-electron chi connectivity index (χ1n) is 11.4. The van der Waals surface area contributed by atoms with Crippen LogP contribution in [0.2, 0.25) is 0 Å². The fourth-order valence-electron chi connectivity index (χ4n) is 4.43. The number of likely N-dealkylation sites (N-methyl/N-ethyl adjacent to an activating group) is 1. The van der Waals surface area contributed by atoms with Crippen molar-refractivity contribution in [3.05, 3.63) is 48.2 Å². The second kappa shape index (κ2) is 10.4. The molecule has 0 aliphatic rings. The molecular formula is C25H29Cl3N4O3. The van der Waals surface area contributed by atoms with Crippen LogP contribution in [0.25, 0.3) is 28.1 Å². The van der Waals surface area contributed by atoms with E-state index in [4.69, 9.17) is 49.3 Å². The van der Waals surface area contributed by atoms with Gasteiger partial charge in [-0.2, -0.15) is 0 Å². The van der Waals surface area contributed by atoms with Gasteiger partial charge in [-0.1, -0.05) is 60.8 Å². The van der Waals surface area contributed by atoms with E-state index in [1.54, 1.807) is 26.4 Å². The van der Waals surface area contributed by atoms with Gasteiger partial charge in [-0.25, -0.2) is 4.98 Å². The molecule has 2 aromatic heterocycles. The number of alkyl halides is 3. The number of hydrogen-bond donors (Lipinski definition) is 1. The highest BCUT2D eigenvalue weighted by molar-refractivity contribution is 6.68. The number of ether oxygens (including phenoxy) is 2. The van der Waals surface area contributed by atoms with E-state index in [2.05, 4.69) is 23.3 Å². The third-order valence-corrected chi connectivity index (χ3v) is 6.93. The van der Waals surface area contributed by atoms with E-state index >= 15 is 0 Å². The Bertz CT molecular complexity index is 1330. The molecule has 0 bridgehead atoms. The Balaban J connectivity index is 2.01. The summed E-state index contributed by atoms with van der Waals surface area (Å²) < 4.78 is 12.9. The quantitative estimate of drug-likeness (QED) is 0.276. The van der Waals surface area contributed by atoms with E-state index in [9.17, 15) is 5.11 Å². The van der Waals surface area contributed by atoms with Crippen molar-refractivity contribution in [3.8, 4) is 22.8 Å². The van der Waals surface area contributed by atoms with Crippen molar-refractivity contribution in [3.63, 3.8) is 0 Å². The summed E-state index contributed by atoms with van der Waals surface area (Å²) in [6, 6.07) is 13.4. The normalized spacial score (nSPS) is 13.2. The molecule has 0 amide bonds. The molecule has 0 saturated heterocycles. The number of aliphatic hydroxyl groups excluding tert-OH is 1. The summed E-state index contributed by atoms with van der Waals surface area (Å²) in [4.78, 5) is 7.34. The summed E-state index contributed by atoms with van der Waals surface area (Å²) >= 11 is 18.7. The first-order chi connectivity index (χ1) is 16.7. The molecule has 188 valence electrons. The SMILES string of the molecule is CCN(CC)CCn1c2ccccc2n2c(C(O)C(Cl)(Cl)Cl)c(-c3ccc(OC)c(OC)c3)nc12. The van der Waals surface area contributed by atoms with E-state index < -0.39 is 9.90 Å². The van der Waals surface area contributed by atoms with Crippen molar-refractivity contribution in [2.45, 2.75) is 30.3 Å². The molecule has 4 aromatic rings. The van der Waals surface area contributed by atoms with Crippen molar-refractivity contribution in [1.82, 2.24) is 18.9 Å². The first-order valence-corrected chi connectivity index (χ1v) is 12.6. The number of methoxy groups -OCH3 is 2. The molecule has 35 heavy (non-hydrogen) atoms. The molecule has 0 saturated carbocycles. The Hall–Kier alpha value is -2.16. The Kier molecular flexibility index (Phi) is 7.74. The number of hydrogen-bond acceptors (Lipinski definition) is 5. The molecule has 1 N–H and O–H groups in total. The molecule has 2 heterocycles. The maximum atomic E-state index is 11.2. The Labute approximate surface area is 219 Å². The lowest BCUT2D eigenvalue weighted by Crippen LogP contribution is -2.27. The third-order valence-electron chi connectivity index (χ3n) is 6.31. The smallest absolute Gasteiger partial charge is 0.221 e.